The van der Waals surface area contributed by atoms with Gasteiger partial charge < -0.3 is 15.5 Å². The number of benzene rings is 1. The highest BCUT2D eigenvalue weighted by Crippen LogP contribution is 2.30. The summed E-state index contributed by atoms with van der Waals surface area (Å²) in [5.74, 6) is 0.153. The quantitative estimate of drug-likeness (QED) is 0.772. The van der Waals surface area contributed by atoms with E-state index in [-0.39, 0.29) is 18.1 Å². The minimum Gasteiger partial charge on any atom is -0.508 e. The Kier molecular flexibility index (Phi) is 5.01. The van der Waals surface area contributed by atoms with Gasteiger partial charge in [0.25, 0.3) is 0 Å². The molecule has 1 fully saturated rings. The highest BCUT2D eigenvalue weighted by molar-refractivity contribution is 5.77. The smallest absolute Gasteiger partial charge is 0.222 e. The lowest BCUT2D eigenvalue weighted by Gasteiger charge is -2.31. The van der Waals surface area contributed by atoms with Gasteiger partial charge in [-0.1, -0.05) is 31.4 Å². The molecule has 1 aromatic carbocycles. The SMILES string of the molecule is O=C(CC1(O)CCCCC1)NCCc1cccc(O)c1. The molecule has 1 aromatic rings. The molecule has 1 saturated carbocycles. The molecule has 1 aliphatic carbocycles. The predicted molar refractivity (Wildman–Crippen MR) is 77.5 cm³/mol. The fourth-order valence-corrected chi connectivity index (χ4v) is 2.81. The third kappa shape index (κ3) is 4.53. The lowest BCUT2D eigenvalue weighted by molar-refractivity contribution is -0.127. The molecular weight excluding hydrogens is 254 g/mol. The topological polar surface area (TPSA) is 69.6 Å². The van der Waals surface area contributed by atoms with Gasteiger partial charge in [0.2, 0.25) is 5.91 Å². The Balaban J connectivity index is 1.72. The average molecular weight is 277 g/mol. The number of aliphatic hydroxyl groups is 1. The summed E-state index contributed by atoms with van der Waals surface area (Å²) in [4.78, 5) is 11.9. The summed E-state index contributed by atoms with van der Waals surface area (Å²) in [6, 6.07) is 7.03. The molecule has 3 N–H and O–H groups in total. The number of phenolic OH excluding ortho intramolecular Hbond substituents is 1. The number of carbonyl (C=O) groups excluding carboxylic acids is 1. The van der Waals surface area contributed by atoms with Gasteiger partial charge in [0.05, 0.1) is 12.0 Å². The summed E-state index contributed by atoms with van der Waals surface area (Å²) in [5.41, 5.74) is 0.189. The Hall–Kier alpha value is -1.55. The molecule has 1 amide bonds. The van der Waals surface area contributed by atoms with Gasteiger partial charge in [0.15, 0.2) is 0 Å². The van der Waals surface area contributed by atoms with Crippen molar-refractivity contribution in [2.75, 3.05) is 6.54 Å². The summed E-state index contributed by atoms with van der Waals surface area (Å²) in [7, 11) is 0. The molecule has 0 spiro atoms. The van der Waals surface area contributed by atoms with Crippen LogP contribution >= 0.6 is 0 Å². The second-order valence-electron chi connectivity index (χ2n) is 5.73. The number of phenols is 1. The first-order valence-corrected chi connectivity index (χ1v) is 7.34. The standard InChI is InChI=1S/C16H23NO3/c18-14-6-4-5-13(11-14)7-10-17-15(19)12-16(20)8-2-1-3-9-16/h4-6,11,18,20H,1-3,7-10,12H2,(H,17,19). The first-order chi connectivity index (χ1) is 9.57. The van der Waals surface area contributed by atoms with Crippen molar-refractivity contribution in [3.63, 3.8) is 0 Å². The van der Waals surface area contributed by atoms with Crippen LogP contribution in [0.5, 0.6) is 5.75 Å². The summed E-state index contributed by atoms with van der Waals surface area (Å²) >= 11 is 0. The van der Waals surface area contributed by atoms with Crippen molar-refractivity contribution >= 4 is 5.91 Å². The van der Waals surface area contributed by atoms with Crippen LogP contribution in [0, 0.1) is 0 Å². The minimum absolute atomic E-state index is 0.0884. The van der Waals surface area contributed by atoms with Gasteiger partial charge in [-0.3, -0.25) is 4.79 Å². The first-order valence-electron chi connectivity index (χ1n) is 7.34. The highest BCUT2D eigenvalue weighted by atomic mass is 16.3. The number of hydrogen-bond donors (Lipinski definition) is 3. The van der Waals surface area contributed by atoms with Crippen LogP contribution in [0.15, 0.2) is 24.3 Å². The van der Waals surface area contributed by atoms with Crippen LogP contribution in [0.3, 0.4) is 0 Å². The van der Waals surface area contributed by atoms with E-state index in [1.165, 1.54) is 0 Å². The number of aromatic hydroxyl groups is 1. The van der Waals surface area contributed by atoms with Crippen molar-refractivity contribution in [1.82, 2.24) is 5.32 Å². The van der Waals surface area contributed by atoms with Gasteiger partial charge in [-0.2, -0.15) is 0 Å². The fourth-order valence-electron chi connectivity index (χ4n) is 2.81. The number of amides is 1. The van der Waals surface area contributed by atoms with Crippen molar-refractivity contribution in [3.05, 3.63) is 29.8 Å². The Bertz CT molecular complexity index is 453. The largest absolute Gasteiger partial charge is 0.508 e. The maximum atomic E-state index is 11.9. The minimum atomic E-state index is -0.798. The van der Waals surface area contributed by atoms with Crippen molar-refractivity contribution in [1.29, 1.82) is 0 Å². The summed E-state index contributed by atoms with van der Waals surface area (Å²) in [5, 5.41) is 22.5. The molecule has 0 aromatic heterocycles. The van der Waals surface area contributed by atoms with Crippen LogP contribution < -0.4 is 5.32 Å². The monoisotopic (exact) mass is 277 g/mol. The summed E-state index contributed by atoms with van der Waals surface area (Å²) < 4.78 is 0. The molecule has 110 valence electrons. The van der Waals surface area contributed by atoms with E-state index < -0.39 is 5.60 Å². The molecule has 0 atom stereocenters. The molecule has 20 heavy (non-hydrogen) atoms. The lowest BCUT2D eigenvalue weighted by atomic mass is 9.82. The zero-order valence-electron chi connectivity index (χ0n) is 11.8. The van der Waals surface area contributed by atoms with E-state index in [0.717, 1.165) is 37.7 Å². The van der Waals surface area contributed by atoms with Gasteiger partial charge in [0.1, 0.15) is 5.75 Å². The Morgan fingerprint density at radius 3 is 2.70 bits per heavy atom. The Morgan fingerprint density at radius 2 is 2.00 bits per heavy atom. The van der Waals surface area contributed by atoms with Crippen LogP contribution in [0.1, 0.15) is 44.1 Å². The lowest BCUT2D eigenvalue weighted by Crippen LogP contribution is -2.38. The van der Waals surface area contributed by atoms with E-state index in [4.69, 9.17) is 0 Å². The van der Waals surface area contributed by atoms with Crippen molar-refractivity contribution < 1.29 is 15.0 Å². The number of carbonyl (C=O) groups is 1. The number of rotatable bonds is 5. The highest BCUT2D eigenvalue weighted by Gasteiger charge is 2.31. The molecule has 2 rings (SSSR count). The predicted octanol–water partition coefficient (Wildman–Crippen LogP) is 2.14. The third-order valence-corrected chi connectivity index (χ3v) is 3.92. The first kappa shape index (κ1) is 14.9. The molecule has 0 bridgehead atoms. The summed E-state index contributed by atoms with van der Waals surface area (Å²) in [6.07, 6.45) is 5.51. The molecule has 0 unspecified atom stereocenters. The van der Waals surface area contributed by atoms with Crippen molar-refractivity contribution in [2.24, 2.45) is 0 Å². The zero-order chi connectivity index (χ0) is 14.4. The van der Waals surface area contributed by atoms with E-state index in [1.54, 1.807) is 18.2 Å². The van der Waals surface area contributed by atoms with Crippen molar-refractivity contribution in [3.8, 4) is 5.75 Å². The summed E-state index contributed by atoms with van der Waals surface area (Å²) in [6.45, 7) is 0.526. The van der Waals surface area contributed by atoms with Gasteiger partial charge in [0, 0.05) is 6.54 Å². The maximum Gasteiger partial charge on any atom is 0.222 e. The van der Waals surface area contributed by atoms with Gasteiger partial charge in [-0.15, -0.1) is 0 Å². The Morgan fingerprint density at radius 1 is 1.25 bits per heavy atom. The van der Waals surface area contributed by atoms with Crippen LogP contribution in [-0.2, 0) is 11.2 Å². The molecule has 4 heteroatoms. The molecule has 0 aliphatic heterocycles. The molecule has 4 nitrogen and oxygen atoms in total. The fraction of sp³-hybridized carbons (Fsp3) is 0.562. The van der Waals surface area contributed by atoms with E-state index in [9.17, 15) is 15.0 Å². The normalized spacial score (nSPS) is 17.6. The van der Waals surface area contributed by atoms with Crippen LogP contribution in [0.25, 0.3) is 0 Å². The Labute approximate surface area is 119 Å². The second-order valence-corrected chi connectivity index (χ2v) is 5.73. The molecule has 0 radical (unpaired) electrons. The maximum absolute atomic E-state index is 11.9. The number of hydrogen-bond acceptors (Lipinski definition) is 3. The molecule has 1 aliphatic rings. The van der Waals surface area contributed by atoms with Gasteiger partial charge in [-0.05, 0) is 37.0 Å². The van der Waals surface area contributed by atoms with E-state index >= 15 is 0 Å². The zero-order valence-corrected chi connectivity index (χ0v) is 11.8. The molecule has 0 saturated heterocycles. The van der Waals surface area contributed by atoms with Crippen LogP contribution in [-0.4, -0.2) is 28.3 Å². The van der Waals surface area contributed by atoms with E-state index in [0.29, 0.717) is 13.0 Å². The molecular formula is C16H23NO3. The molecule has 0 heterocycles. The van der Waals surface area contributed by atoms with E-state index in [2.05, 4.69) is 5.32 Å². The second kappa shape index (κ2) is 6.75. The van der Waals surface area contributed by atoms with Gasteiger partial charge >= 0.3 is 0 Å². The van der Waals surface area contributed by atoms with E-state index in [1.807, 2.05) is 6.07 Å². The third-order valence-electron chi connectivity index (χ3n) is 3.92. The van der Waals surface area contributed by atoms with Gasteiger partial charge in [-0.25, -0.2) is 0 Å². The number of nitrogens with one attached hydrogen (secondary N) is 1. The average Bonchev–Trinajstić information content (AvgIpc) is 2.39. The van der Waals surface area contributed by atoms with Crippen LogP contribution in [0.4, 0.5) is 0 Å². The van der Waals surface area contributed by atoms with Crippen molar-refractivity contribution in [2.45, 2.75) is 50.5 Å². The van der Waals surface area contributed by atoms with Crippen LogP contribution in [0.2, 0.25) is 0 Å².